The van der Waals surface area contributed by atoms with Gasteiger partial charge in [0.2, 0.25) is 11.8 Å². The zero-order valence-electron chi connectivity index (χ0n) is 26.0. The van der Waals surface area contributed by atoms with Crippen molar-refractivity contribution in [1.82, 2.24) is 16.0 Å². The number of benzene rings is 2. The monoisotopic (exact) mass is 619 g/mol. The van der Waals surface area contributed by atoms with E-state index in [9.17, 15) is 24.1 Å². The van der Waals surface area contributed by atoms with Crippen LogP contribution in [0, 0.1) is 5.92 Å². The van der Waals surface area contributed by atoms with Crippen molar-refractivity contribution in [2.45, 2.75) is 83.5 Å². The maximum Gasteiger partial charge on any atom is 0.408 e. The molecule has 0 aromatic heterocycles. The van der Waals surface area contributed by atoms with E-state index in [1.165, 1.54) is 0 Å². The van der Waals surface area contributed by atoms with Crippen molar-refractivity contribution in [1.29, 1.82) is 0 Å². The number of aliphatic hydroxyl groups excluding tert-OH is 1. The fourth-order valence-corrected chi connectivity index (χ4v) is 5.58. The van der Waals surface area contributed by atoms with E-state index in [0.29, 0.717) is 0 Å². The Morgan fingerprint density at radius 2 is 1.28 bits per heavy atom. The van der Waals surface area contributed by atoms with Crippen LogP contribution in [0.5, 0.6) is 0 Å². The smallest absolute Gasteiger partial charge is 0.408 e. The second kappa shape index (κ2) is 16.6. The minimum Gasteiger partial charge on any atom is -0.444 e. The average molecular weight is 620 g/mol. The molecule has 3 amide bonds. The number of amides is 3. The number of hydrogen-bond donors (Lipinski definition) is 4. The Morgan fingerprint density at radius 3 is 1.74 bits per heavy atom. The van der Waals surface area contributed by atoms with Gasteiger partial charge in [-0.25, -0.2) is 4.79 Å². The number of hydrogen-bond acceptors (Lipinski definition) is 8. The van der Waals surface area contributed by atoms with Gasteiger partial charge in [-0.1, -0.05) is 74.5 Å². The SMILES string of the molecule is COP(=O)(OC)[C@H](O)[C@H](Cc1ccccc1)NC(=O)[C@H](CC(C)C)NC(=O)[C@H](Cc1ccccc1)NC(=O)OC(C)(C)C. The molecular weight excluding hydrogens is 573 g/mol. The highest BCUT2D eigenvalue weighted by Crippen LogP contribution is 2.51. The van der Waals surface area contributed by atoms with Gasteiger partial charge in [-0.3, -0.25) is 14.2 Å². The van der Waals surface area contributed by atoms with E-state index in [4.69, 9.17) is 13.8 Å². The molecule has 0 aliphatic rings. The van der Waals surface area contributed by atoms with Crippen molar-refractivity contribution in [3.8, 4) is 0 Å². The lowest BCUT2D eigenvalue weighted by atomic mass is 10.00. The third-order valence-electron chi connectivity index (χ3n) is 6.45. The molecule has 0 spiro atoms. The van der Waals surface area contributed by atoms with Gasteiger partial charge in [0, 0.05) is 20.6 Å². The molecule has 0 heterocycles. The molecule has 0 unspecified atom stereocenters. The molecule has 12 heteroatoms. The predicted molar refractivity (Wildman–Crippen MR) is 164 cm³/mol. The van der Waals surface area contributed by atoms with Crippen LogP contribution in [-0.4, -0.2) is 66.8 Å². The topological polar surface area (TPSA) is 152 Å². The van der Waals surface area contributed by atoms with E-state index in [0.717, 1.165) is 25.3 Å². The lowest BCUT2D eigenvalue weighted by Crippen LogP contribution is -2.57. The summed E-state index contributed by atoms with van der Waals surface area (Å²) in [5, 5.41) is 19.2. The lowest BCUT2D eigenvalue weighted by molar-refractivity contribution is -0.131. The van der Waals surface area contributed by atoms with E-state index in [2.05, 4.69) is 16.0 Å². The van der Waals surface area contributed by atoms with Crippen molar-refractivity contribution in [3.63, 3.8) is 0 Å². The maximum atomic E-state index is 13.7. The van der Waals surface area contributed by atoms with Crippen LogP contribution >= 0.6 is 7.60 Å². The second-order valence-electron chi connectivity index (χ2n) is 11.7. The summed E-state index contributed by atoms with van der Waals surface area (Å²) in [6.45, 7) is 8.94. The van der Waals surface area contributed by atoms with E-state index in [-0.39, 0.29) is 25.2 Å². The number of ether oxygens (including phenoxy) is 1. The van der Waals surface area contributed by atoms with Gasteiger partial charge in [-0.05, 0) is 50.7 Å². The quantitative estimate of drug-likeness (QED) is 0.217. The van der Waals surface area contributed by atoms with Gasteiger partial charge >= 0.3 is 13.7 Å². The zero-order valence-corrected chi connectivity index (χ0v) is 26.9. The highest BCUT2D eigenvalue weighted by Gasteiger charge is 2.40. The molecular formula is C31H46N3O8P. The molecule has 4 N–H and O–H groups in total. The normalized spacial score (nSPS) is 14.7. The van der Waals surface area contributed by atoms with Crippen LogP contribution in [0.2, 0.25) is 0 Å². The van der Waals surface area contributed by atoms with Crippen LogP contribution < -0.4 is 16.0 Å². The van der Waals surface area contributed by atoms with E-state index in [1.807, 2.05) is 50.2 Å². The Kier molecular flexibility index (Phi) is 13.9. The standard InChI is InChI=1S/C31H46N3O8P/c1-21(2)18-24(27(35)33-26(20-23-16-12-9-13-17-23)29(37)43(39,40-6)41-7)32-28(36)25(19-22-14-10-8-11-15-22)34-30(38)42-31(3,4)5/h8-17,21,24-26,29,37H,18-20H2,1-7H3,(H,32,36)(H,33,35)(H,34,38)/t24-,25-,26-,29-/m0/s1. The molecule has 4 atom stereocenters. The van der Waals surface area contributed by atoms with Gasteiger partial charge in [0.25, 0.3) is 0 Å². The summed E-state index contributed by atoms with van der Waals surface area (Å²) in [5.74, 6) is -2.89. The van der Waals surface area contributed by atoms with Gasteiger partial charge in [-0.15, -0.1) is 0 Å². The van der Waals surface area contributed by atoms with Crippen LogP contribution in [0.4, 0.5) is 4.79 Å². The van der Waals surface area contributed by atoms with Crippen LogP contribution in [-0.2, 0) is 40.8 Å². The van der Waals surface area contributed by atoms with Crippen LogP contribution in [0.25, 0.3) is 0 Å². The highest BCUT2D eigenvalue weighted by atomic mass is 31.2. The first kappa shape index (κ1) is 36.0. The van der Waals surface area contributed by atoms with Crippen molar-refractivity contribution in [2.75, 3.05) is 14.2 Å². The Bertz CT molecular complexity index is 1210. The number of aliphatic hydroxyl groups is 1. The fourth-order valence-electron chi connectivity index (χ4n) is 4.38. The van der Waals surface area contributed by atoms with Crippen molar-refractivity contribution < 1.29 is 37.8 Å². The first-order chi connectivity index (χ1) is 20.2. The van der Waals surface area contributed by atoms with Crippen molar-refractivity contribution in [2.24, 2.45) is 5.92 Å². The Labute approximate surface area is 254 Å². The molecule has 0 radical (unpaired) electrons. The lowest BCUT2D eigenvalue weighted by Gasteiger charge is -2.31. The molecule has 2 rings (SSSR count). The second-order valence-corrected chi connectivity index (χ2v) is 14.0. The van der Waals surface area contributed by atoms with E-state index >= 15 is 0 Å². The molecule has 0 saturated heterocycles. The van der Waals surface area contributed by atoms with Gasteiger partial charge in [-0.2, -0.15) is 0 Å². The largest absolute Gasteiger partial charge is 0.444 e. The average Bonchev–Trinajstić information content (AvgIpc) is 2.95. The summed E-state index contributed by atoms with van der Waals surface area (Å²) in [7, 11) is -1.69. The number of rotatable bonds is 15. The third-order valence-corrected chi connectivity index (χ3v) is 8.47. The molecule has 2 aromatic carbocycles. The van der Waals surface area contributed by atoms with Gasteiger partial charge < -0.3 is 34.8 Å². The van der Waals surface area contributed by atoms with Crippen molar-refractivity contribution >= 4 is 25.5 Å². The Morgan fingerprint density at radius 1 is 0.791 bits per heavy atom. The first-order valence-corrected chi connectivity index (χ1v) is 15.9. The molecule has 2 aromatic rings. The van der Waals surface area contributed by atoms with Gasteiger partial charge in [0.1, 0.15) is 17.7 Å². The Balaban J connectivity index is 2.33. The van der Waals surface area contributed by atoms with Crippen LogP contribution in [0.1, 0.15) is 52.2 Å². The van der Waals surface area contributed by atoms with E-state index in [1.54, 1.807) is 45.0 Å². The summed E-state index contributed by atoms with van der Waals surface area (Å²) >= 11 is 0. The maximum absolute atomic E-state index is 13.7. The van der Waals surface area contributed by atoms with E-state index < -0.39 is 55.1 Å². The number of carbonyl (C=O) groups is 3. The summed E-state index contributed by atoms with van der Waals surface area (Å²) in [6.07, 6.45) is -0.247. The molecule has 43 heavy (non-hydrogen) atoms. The van der Waals surface area contributed by atoms with Gasteiger partial charge in [0.05, 0.1) is 6.04 Å². The van der Waals surface area contributed by atoms with Crippen LogP contribution in [0.3, 0.4) is 0 Å². The molecule has 0 fully saturated rings. The summed E-state index contributed by atoms with van der Waals surface area (Å²) in [4.78, 5) is 39.9. The minimum atomic E-state index is -4.00. The third kappa shape index (κ3) is 12.1. The van der Waals surface area contributed by atoms with Gasteiger partial charge in [0.15, 0.2) is 5.85 Å². The predicted octanol–water partition coefficient (Wildman–Crippen LogP) is 4.19. The summed E-state index contributed by atoms with van der Waals surface area (Å²) in [5.41, 5.74) is 0.778. The minimum absolute atomic E-state index is 0.0102. The molecule has 238 valence electrons. The zero-order chi connectivity index (χ0) is 32.2. The molecule has 11 nitrogen and oxygen atoms in total. The highest BCUT2D eigenvalue weighted by molar-refractivity contribution is 7.54. The molecule has 0 saturated carbocycles. The van der Waals surface area contributed by atoms with Crippen LogP contribution in [0.15, 0.2) is 60.7 Å². The summed E-state index contributed by atoms with van der Waals surface area (Å²) < 4.78 is 28.5. The first-order valence-electron chi connectivity index (χ1n) is 14.2. The number of nitrogens with one attached hydrogen (secondary N) is 3. The van der Waals surface area contributed by atoms with Crippen molar-refractivity contribution in [3.05, 3.63) is 71.8 Å². The number of carbonyl (C=O) groups excluding carboxylic acids is 3. The molecule has 0 bridgehead atoms. The Hall–Kier alpha value is -3.24. The molecule has 0 aliphatic carbocycles. The molecule has 0 aliphatic heterocycles. The number of alkyl carbamates (subject to hydrolysis) is 1. The fraction of sp³-hybridized carbons (Fsp3) is 0.516. The summed E-state index contributed by atoms with van der Waals surface area (Å²) in [6, 6.07) is 15.0.